The third-order valence-electron chi connectivity index (χ3n) is 3.01. The van der Waals surface area contributed by atoms with Gasteiger partial charge in [0.05, 0.1) is 12.5 Å². The van der Waals surface area contributed by atoms with E-state index in [1.54, 1.807) is 0 Å². The summed E-state index contributed by atoms with van der Waals surface area (Å²) in [5.41, 5.74) is 0. The molecule has 0 saturated carbocycles. The molecule has 19 heavy (non-hydrogen) atoms. The number of halogens is 1. The lowest BCUT2D eigenvalue weighted by Crippen LogP contribution is -2.09. The highest BCUT2D eigenvalue weighted by Crippen LogP contribution is 2.10. The van der Waals surface area contributed by atoms with Gasteiger partial charge in [0.1, 0.15) is 6.61 Å². The molecule has 0 amide bonds. The molecule has 0 rings (SSSR count). The van der Waals surface area contributed by atoms with Crippen LogP contribution in [0.25, 0.3) is 0 Å². The molecule has 0 N–H and O–H groups in total. The zero-order valence-electron chi connectivity index (χ0n) is 12.3. The third-order valence-corrected chi connectivity index (χ3v) is 3.17. The maximum absolute atomic E-state index is 11.0. The van der Waals surface area contributed by atoms with Crippen LogP contribution in [-0.2, 0) is 9.47 Å². The molecule has 0 saturated heterocycles. The predicted molar refractivity (Wildman–Crippen MR) is 79.9 cm³/mol. The summed E-state index contributed by atoms with van der Waals surface area (Å²) >= 11 is 5.38. The van der Waals surface area contributed by atoms with Crippen LogP contribution in [0, 0.1) is 0 Å². The molecule has 0 aromatic rings. The van der Waals surface area contributed by atoms with Crippen molar-refractivity contribution < 1.29 is 14.3 Å². The van der Waals surface area contributed by atoms with Crippen molar-refractivity contribution in [3.05, 3.63) is 0 Å². The van der Waals surface area contributed by atoms with Gasteiger partial charge in [0.2, 0.25) is 0 Å². The molecule has 0 bridgehead atoms. The third kappa shape index (κ3) is 15.5. The quantitative estimate of drug-likeness (QED) is 0.262. The van der Waals surface area contributed by atoms with Gasteiger partial charge < -0.3 is 9.47 Å². The summed E-state index contributed by atoms with van der Waals surface area (Å²) in [4.78, 5) is 11.0. The molecule has 0 aliphatic heterocycles. The van der Waals surface area contributed by atoms with E-state index in [9.17, 15) is 4.79 Å². The number of alkyl halides is 1. The summed E-state index contributed by atoms with van der Waals surface area (Å²) in [5.74, 6) is 0.313. The molecule has 4 heteroatoms. The van der Waals surface area contributed by atoms with E-state index < -0.39 is 6.16 Å². The number of hydrogen-bond acceptors (Lipinski definition) is 3. The van der Waals surface area contributed by atoms with E-state index in [0.29, 0.717) is 12.5 Å². The molecule has 0 fully saturated rings. The first-order valence-corrected chi connectivity index (χ1v) is 8.20. The van der Waals surface area contributed by atoms with Crippen molar-refractivity contribution in [2.24, 2.45) is 0 Å². The maximum Gasteiger partial charge on any atom is 0.508 e. The molecule has 0 radical (unpaired) electrons. The highest BCUT2D eigenvalue weighted by Gasteiger charge is 2.01. The minimum absolute atomic E-state index is 0.221. The first-order valence-electron chi connectivity index (χ1n) is 7.66. The Kier molecular flexibility index (Phi) is 15.3. The lowest BCUT2D eigenvalue weighted by molar-refractivity contribution is 0.0583. The minimum atomic E-state index is -0.600. The molecular weight excluding hydrogens is 264 g/mol. The summed E-state index contributed by atoms with van der Waals surface area (Å²) in [6.07, 6.45) is 12.1. The number of rotatable bonds is 13. The van der Waals surface area contributed by atoms with Crippen LogP contribution in [-0.4, -0.2) is 25.2 Å². The fraction of sp³-hybridized carbons (Fsp3) is 0.933. The second-order valence-corrected chi connectivity index (χ2v) is 5.20. The highest BCUT2D eigenvalue weighted by molar-refractivity contribution is 6.18. The molecule has 0 aliphatic rings. The largest absolute Gasteiger partial charge is 0.508 e. The van der Waals surface area contributed by atoms with Gasteiger partial charge >= 0.3 is 6.16 Å². The Labute approximate surface area is 123 Å². The topological polar surface area (TPSA) is 35.5 Å². The molecule has 0 heterocycles. The van der Waals surface area contributed by atoms with E-state index in [4.69, 9.17) is 16.3 Å². The Bertz CT molecular complexity index is 198. The van der Waals surface area contributed by atoms with Gasteiger partial charge in [-0.2, -0.15) is 0 Å². The zero-order chi connectivity index (χ0) is 14.2. The Hall–Kier alpha value is -0.440. The zero-order valence-corrected chi connectivity index (χ0v) is 13.1. The second kappa shape index (κ2) is 15.6. The first kappa shape index (κ1) is 18.6. The smallest absolute Gasteiger partial charge is 0.434 e. The summed E-state index contributed by atoms with van der Waals surface area (Å²) in [7, 11) is 0. The van der Waals surface area contributed by atoms with Gasteiger partial charge in [-0.25, -0.2) is 4.79 Å². The Morgan fingerprint density at radius 2 is 1.26 bits per heavy atom. The van der Waals surface area contributed by atoms with E-state index in [1.807, 2.05) is 0 Å². The SMILES string of the molecule is CCCCCCCCCCCCOC(=O)OCCCl. The van der Waals surface area contributed by atoms with Gasteiger partial charge in [0, 0.05) is 0 Å². The van der Waals surface area contributed by atoms with Crippen LogP contribution in [0.2, 0.25) is 0 Å². The fourth-order valence-corrected chi connectivity index (χ4v) is 1.99. The van der Waals surface area contributed by atoms with Crippen LogP contribution in [0.5, 0.6) is 0 Å². The van der Waals surface area contributed by atoms with E-state index >= 15 is 0 Å². The van der Waals surface area contributed by atoms with Gasteiger partial charge in [0.15, 0.2) is 0 Å². The molecule has 0 aromatic carbocycles. The van der Waals surface area contributed by atoms with Crippen LogP contribution in [0.15, 0.2) is 0 Å². The van der Waals surface area contributed by atoms with E-state index in [0.717, 1.165) is 12.8 Å². The normalized spacial score (nSPS) is 10.4. The van der Waals surface area contributed by atoms with Gasteiger partial charge in [0.25, 0.3) is 0 Å². The molecule has 0 aliphatic carbocycles. The Morgan fingerprint density at radius 3 is 1.79 bits per heavy atom. The standard InChI is InChI=1S/C15H29ClO3/c1-2-3-4-5-6-7-8-9-10-11-13-18-15(17)19-14-12-16/h2-14H2,1H3. The van der Waals surface area contributed by atoms with Crippen LogP contribution in [0.3, 0.4) is 0 Å². The molecule has 3 nitrogen and oxygen atoms in total. The van der Waals surface area contributed by atoms with Crippen molar-refractivity contribution in [3.63, 3.8) is 0 Å². The van der Waals surface area contributed by atoms with Crippen LogP contribution in [0.1, 0.15) is 71.1 Å². The van der Waals surface area contributed by atoms with Crippen LogP contribution < -0.4 is 0 Å². The molecule has 0 aromatic heterocycles. The van der Waals surface area contributed by atoms with Gasteiger partial charge in [-0.1, -0.05) is 64.7 Å². The summed E-state index contributed by atoms with van der Waals surface area (Å²) in [5, 5.41) is 0. The number of carbonyl (C=O) groups is 1. The van der Waals surface area contributed by atoms with E-state index in [-0.39, 0.29) is 6.61 Å². The van der Waals surface area contributed by atoms with Gasteiger partial charge in [-0.05, 0) is 6.42 Å². The van der Waals surface area contributed by atoms with Gasteiger partial charge in [-0.15, -0.1) is 11.6 Å². The lowest BCUT2D eigenvalue weighted by Gasteiger charge is -2.05. The summed E-state index contributed by atoms with van der Waals surface area (Å²) in [6.45, 7) is 2.92. The van der Waals surface area contributed by atoms with Crippen molar-refractivity contribution in [1.29, 1.82) is 0 Å². The summed E-state index contributed by atoms with van der Waals surface area (Å²) < 4.78 is 9.59. The Morgan fingerprint density at radius 1 is 0.789 bits per heavy atom. The second-order valence-electron chi connectivity index (χ2n) is 4.82. The fourth-order valence-electron chi connectivity index (χ4n) is 1.91. The summed E-state index contributed by atoms with van der Waals surface area (Å²) in [6, 6.07) is 0. The van der Waals surface area contributed by atoms with E-state index in [1.165, 1.54) is 51.4 Å². The van der Waals surface area contributed by atoms with Crippen LogP contribution >= 0.6 is 11.6 Å². The number of unbranched alkanes of at least 4 members (excludes halogenated alkanes) is 9. The molecule has 114 valence electrons. The van der Waals surface area contributed by atoms with Gasteiger partial charge in [-0.3, -0.25) is 0 Å². The van der Waals surface area contributed by atoms with Crippen molar-refractivity contribution >= 4 is 17.8 Å². The average Bonchev–Trinajstić information content (AvgIpc) is 2.42. The molecule has 0 unspecified atom stereocenters. The molecule has 0 spiro atoms. The average molecular weight is 293 g/mol. The van der Waals surface area contributed by atoms with Crippen LogP contribution in [0.4, 0.5) is 4.79 Å². The Balaban J connectivity index is 3.04. The van der Waals surface area contributed by atoms with Crippen molar-refractivity contribution in [3.8, 4) is 0 Å². The highest BCUT2D eigenvalue weighted by atomic mass is 35.5. The predicted octanol–water partition coefficient (Wildman–Crippen LogP) is 5.30. The number of hydrogen-bond donors (Lipinski definition) is 0. The minimum Gasteiger partial charge on any atom is -0.434 e. The number of carbonyl (C=O) groups excluding carboxylic acids is 1. The molecular formula is C15H29ClO3. The molecule has 0 atom stereocenters. The van der Waals surface area contributed by atoms with Crippen molar-refractivity contribution in [2.75, 3.05) is 19.1 Å². The monoisotopic (exact) mass is 292 g/mol. The first-order chi connectivity index (χ1) is 9.31. The lowest BCUT2D eigenvalue weighted by atomic mass is 10.1. The van der Waals surface area contributed by atoms with Crippen molar-refractivity contribution in [1.82, 2.24) is 0 Å². The maximum atomic E-state index is 11.0. The number of ether oxygens (including phenoxy) is 2. The van der Waals surface area contributed by atoms with E-state index in [2.05, 4.69) is 11.7 Å². The van der Waals surface area contributed by atoms with Crippen molar-refractivity contribution in [2.45, 2.75) is 71.1 Å².